The number of carbonyl (C=O) groups is 3. The summed E-state index contributed by atoms with van der Waals surface area (Å²) < 4.78 is 99.4. The highest BCUT2D eigenvalue weighted by atomic mass is 16.8. The van der Waals surface area contributed by atoms with Gasteiger partial charge in [0.25, 0.3) is 0 Å². The van der Waals surface area contributed by atoms with E-state index in [-0.39, 0.29) is 0 Å². The molecule has 0 spiro atoms. The van der Waals surface area contributed by atoms with Gasteiger partial charge in [-0.15, -0.1) is 0 Å². The van der Waals surface area contributed by atoms with Gasteiger partial charge in [-0.2, -0.15) is 0 Å². The zero-order valence-corrected chi connectivity index (χ0v) is 58.1. The molecule has 632 valence electrons. The van der Waals surface area contributed by atoms with Gasteiger partial charge in [-0.25, -0.2) is 0 Å². The number of aliphatic hydroxyl groups excluding tert-OH is 26. The van der Waals surface area contributed by atoms with E-state index in [2.05, 4.69) is 16.0 Å². The molecule has 0 aromatic carbocycles. The minimum Gasteiger partial charge on any atom is -0.394 e. The SMILES string of the molecule is CC(=O)N[C@@H]1[C@@H](O)[C@H](O[C@@H]2O[C@H](CO)[C@@H](O[C@@H]3O[C@H](CO[C@H]4O[C@H](CO[C@H]5O[C@H](CO)[C@@H](O)[C@H](O)[C@@H]5O)[C@@H](O)[C@H](O[C@H]5O[C@H](CO)[C@@H](O)[C@H](O)[C@@H]5O)[C@@H]4O)[C@@H](O)[C@H](O[C@H]4O[C@H](CO)[C@@H](O)[C@H](O)[C@@H]4O[C@@H]4O[C@H](CO)[C@@H](O[C@@H]5O[C@H](CO)[C@H](O)[C@H](O)[C@H]5O)[C@H](O)[C@H]4NC(C)=O)[C@@H]3O)[C@H](O)[C@H]2NC(C)=O)[C@@H](CO)O[C@H]1O. The van der Waals surface area contributed by atoms with E-state index in [9.17, 15) is 147 Å². The van der Waals surface area contributed by atoms with Crippen molar-refractivity contribution in [1.82, 2.24) is 16.0 Å². The lowest BCUT2D eigenvalue weighted by Gasteiger charge is -2.51. The van der Waals surface area contributed by atoms with E-state index >= 15 is 0 Å². The van der Waals surface area contributed by atoms with E-state index in [1.165, 1.54) is 0 Å². The lowest BCUT2D eigenvalue weighted by atomic mass is 9.93. The van der Waals surface area contributed by atoms with Crippen LogP contribution < -0.4 is 16.0 Å². The summed E-state index contributed by atoms with van der Waals surface area (Å²) in [7, 11) is 0. The Hall–Kier alpha value is -3.31. The van der Waals surface area contributed by atoms with Gasteiger partial charge >= 0.3 is 0 Å². The summed E-state index contributed by atoms with van der Waals surface area (Å²) >= 11 is 0. The highest BCUT2D eigenvalue weighted by Gasteiger charge is 2.61. The molecule has 9 fully saturated rings. The second-order valence-electron chi connectivity index (χ2n) is 27.5. The normalized spacial score (nSPS) is 50.0. The topological polar surface area (TPSA) is 770 Å². The summed E-state index contributed by atoms with van der Waals surface area (Å²) in [6.45, 7) is -6.75. The zero-order chi connectivity index (χ0) is 80.2. The Morgan fingerprint density at radius 1 is 0.239 bits per heavy atom. The maximum atomic E-state index is 13.0. The standard InChI is InChI=1S/C60H101N3O46/c1-13(71)61-25-34(80)46(20(8-68)95-52(25)92)104-53-26(62-14(2)72)35(81)48(22(10-70)100-53)106-59-45(91)50(108-60-51(40(86)31(77)19(7-67)99-60)109-54-27(63-15(3)73)36(82)47(21(9-69)101-54)105-57-42(88)38(84)29(75)17(5-65)97-57)33(79)24(103-59)12-94-56-44(90)49(107-58-43(89)39(85)30(76)18(6-66)98-58)32(78)23(102-56)11-93-55-41(87)37(83)28(74)16(4-64)96-55/h16-60,64-70,74-92H,4-12H2,1-3H3,(H,61,71)(H,62,72)(H,63,73)/t16-,17-,18-,19-,20-,21-,22-,23-,24-,25-,26-,27-,28-,29+,30-,31-,32-,33-,34-,35-,36-,37+,38+,39+,40+,41+,42-,43+,44+,45+,46-,47-,48-,49+,50+,51+,52-,53+,54+,55+,56+,57+,58-,59+,60-/m1/s1. The Morgan fingerprint density at radius 3 is 0.890 bits per heavy atom. The van der Waals surface area contributed by atoms with Crippen molar-refractivity contribution < 1.29 is 228 Å². The van der Waals surface area contributed by atoms with E-state index in [1.807, 2.05) is 0 Å². The van der Waals surface area contributed by atoms with Crippen LogP contribution in [0.2, 0.25) is 0 Å². The van der Waals surface area contributed by atoms with Crippen LogP contribution >= 0.6 is 0 Å². The Morgan fingerprint density at radius 2 is 0.495 bits per heavy atom. The largest absolute Gasteiger partial charge is 0.394 e. The number of hydrogen-bond donors (Lipinski definition) is 29. The van der Waals surface area contributed by atoms with E-state index in [1.54, 1.807) is 0 Å². The molecule has 9 saturated heterocycles. The fraction of sp³-hybridized carbons (Fsp3) is 0.950. The lowest BCUT2D eigenvalue weighted by molar-refractivity contribution is -0.398. The first-order chi connectivity index (χ1) is 51.6. The van der Waals surface area contributed by atoms with Crippen molar-refractivity contribution >= 4 is 17.7 Å². The summed E-state index contributed by atoms with van der Waals surface area (Å²) in [5.41, 5.74) is 0. The number of hydrogen-bond acceptors (Lipinski definition) is 46. The molecule has 49 heteroatoms. The molecule has 0 aromatic rings. The summed E-state index contributed by atoms with van der Waals surface area (Å²) in [4.78, 5) is 38.0. The van der Waals surface area contributed by atoms with Crippen molar-refractivity contribution in [3.63, 3.8) is 0 Å². The van der Waals surface area contributed by atoms with E-state index in [0.29, 0.717) is 0 Å². The number of ether oxygens (including phenoxy) is 17. The maximum absolute atomic E-state index is 13.0. The highest BCUT2D eigenvalue weighted by molar-refractivity contribution is 5.74. The molecule has 29 N–H and O–H groups in total. The predicted octanol–water partition coefficient (Wildman–Crippen LogP) is -20.2. The molecule has 109 heavy (non-hydrogen) atoms. The van der Waals surface area contributed by atoms with Gasteiger partial charge in [-0.3, -0.25) is 14.4 Å². The molecule has 0 bridgehead atoms. The van der Waals surface area contributed by atoms with Crippen molar-refractivity contribution in [2.45, 2.75) is 297 Å². The van der Waals surface area contributed by atoms with Crippen molar-refractivity contribution in [2.24, 2.45) is 0 Å². The van der Waals surface area contributed by atoms with Crippen LogP contribution in [0.25, 0.3) is 0 Å². The lowest BCUT2D eigenvalue weighted by Crippen LogP contribution is -2.71. The first kappa shape index (κ1) is 89.6. The smallest absolute Gasteiger partial charge is 0.217 e. The molecule has 0 unspecified atom stereocenters. The second-order valence-corrected chi connectivity index (χ2v) is 27.5. The van der Waals surface area contributed by atoms with Crippen LogP contribution in [0.15, 0.2) is 0 Å². The molecule has 9 aliphatic heterocycles. The van der Waals surface area contributed by atoms with Gasteiger partial charge in [0.2, 0.25) is 17.7 Å². The Balaban J connectivity index is 1.05. The van der Waals surface area contributed by atoms with Crippen LogP contribution in [0, 0.1) is 0 Å². The van der Waals surface area contributed by atoms with E-state index in [0.717, 1.165) is 20.8 Å². The molecule has 0 saturated carbocycles. The average Bonchev–Trinajstić information content (AvgIpc) is 0.769. The molecule has 49 nitrogen and oxygen atoms in total. The summed E-state index contributed by atoms with van der Waals surface area (Å²) in [5.74, 6) is -2.69. The minimum atomic E-state index is -2.57. The fourth-order valence-electron chi connectivity index (χ4n) is 14.0. The molecule has 9 rings (SSSR count). The molecule has 9 aliphatic rings. The predicted molar refractivity (Wildman–Crippen MR) is 332 cm³/mol. The van der Waals surface area contributed by atoms with Crippen molar-refractivity contribution in [3.8, 4) is 0 Å². The van der Waals surface area contributed by atoms with Gasteiger partial charge in [0.05, 0.1) is 59.5 Å². The zero-order valence-electron chi connectivity index (χ0n) is 58.1. The Bertz CT molecular complexity index is 2840. The van der Waals surface area contributed by atoms with Gasteiger partial charge < -0.3 is 229 Å². The molecule has 0 radical (unpaired) electrons. The summed E-state index contributed by atoms with van der Waals surface area (Å²) in [5, 5.41) is 294. The Labute approximate surface area is 616 Å². The first-order valence-electron chi connectivity index (χ1n) is 34.6. The molecule has 3 amide bonds. The van der Waals surface area contributed by atoms with Crippen LogP contribution in [0.3, 0.4) is 0 Å². The summed E-state index contributed by atoms with van der Waals surface area (Å²) in [6.07, 6.45) is -87.5. The third-order valence-corrected chi connectivity index (χ3v) is 19.9. The molecular weight excluding hydrogens is 1500 g/mol. The Kier molecular flexibility index (Phi) is 32.1. The molecule has 0 aromatic heterocycles. The molecule has 45 atom stereocenters. The quantitative estimate of drug-likeness (QED) is 0.0346. The average molecular weight is 1600 g/mol. The second kappa shape index (κ2) is 39.1. The van der Waals surface area contributed by atoms with E-state index in [4.69, 9.17) is 80.5 Å². The first-order valence-corrected chi connectivity index (χ1v) is 34.6. The van der Waals surface area contributed by atoms with Gasteiger partial charge in [-0.1, -0.05) is 0 Å². The minimum absolute atomic E-state index is 0.787. The van der Waals surface area contributed by atoms with Crippen LogP contribution in [0.1, 0.15) is 20.8 Å². The number of amides is 3. The van der Waals surface area contributed by atoms with Crippen LogP contribution in [0.5, 0.6) is 0 Å². The number of aliphatic hydroxyl groups is 26. The van der Waals surface area contributed by atoms with Gasteiger partial charge in [0.15, 0.2) is 56.6 Å². The van der Waals surface area contributed by atoms with Crippen LogP contribution in [0.4, 0.5) is 0 Å². The maximum Gasteiger partial charge on any atom is 0.217 e. The monoisotopic (exact) mass is 1600 g/mol. The number of carbonyl (C=O) groups excluding carboxylic acids is 3. The number of nitrogens with one attached hydrogen (secondary N) is 3. The van der Waals surface area contributed by atoms with Gasteiger partial charge in [0, 0.05) is 20.8 Å². The van der Waals surface area contributed by atoms with Crippen molar-refractivity contribution in [3.05, 3.63) is 0 Å². The van der Waals surface area contributed by atoms with E-state index < -0.39 is 353 Å². The van der Waals surface area contributed by atoms with Gasteiger partial charge in [-0.05, 0) is 0 Å². The van der Waals surface area contributed by atoms with Crippen LogP contribution in [-0.4, -0.2) is 486 Å². The fourth-order valence-corrected chi connectivity index (χ4v) is 14.0. The van der Waals surface area contributed by atoms with Gasteiger partial charge in [0.1, 0.15) is 220 Å². The molecule has 0 aliphatic carbocycles. The molecule has 9 heterocycles. The van der Waals surface area contributed by atoms with Crippen LogP contribution in [-0.2, 0) is 94.9 Å². The highest BCUT2D eigenvalue weighted by Crippen LogP contribution is 2.40. The third-order valence-electron chi connectivity index (χ3n) is 19.9. The van der Waals surface area contributed by atoms with Crippen molar-refractivity contribution in [1.29, 1.82) is 0 Å². The number of rotatable bonds is 28. The third kappa shape index (κ3) is 19.7. The summed E-state index contributed by atoms with van der Waals surface area (Å²) in [6, 6.07) is -5.52. The van der Waals surface area contributed by atoms with Crippen molar-refractivity contribution in [2.75, 3.05) is 59.5 Å². The molecular formula is C60H101N3O46.